The number of unbranched alkanes of at least 4 members (excludes halogenated alkanes) is 1. The fraction of sp³-hybridized carbons (Fsp3) is 0.438. The van der Waals surface area contributed by atoms with Gasteiger partial charge in [0.2, 0.25) is 0 Å². The molecule has 1 aromatic heterocycles. The van der Waals surface area contributed by atoms with Crippen LogP contribution in [0.15, 0.2) is 36.4 Å². The molecule has 0 spiro atoms. The minimum atomic E-state index is -0.315. The number of halogens is 1. The van der Waals surface area contributed by atoms with Gasteiger partial charge >= 0.3 is 0 Å². The van der Waals surface area contributed by atoms with Gasteiger partial charge in [-0.05, 0) is 37.0 Å². The number of hydrogen-bond acceptors (Lipinski definition) is 2. The van der Waals surface area contributed by atoms with Crippen LogP contribution in [0, 0.1) is 11.7 Å². The lowest BCUT2D eigenvalue weighted by molar-refractivity contribution is 0.551. The molecular formula is C16H23FN2. The van der Waals surface area contributed by atoms with Crippen molar-refractivity contribution in [3.05, 3.63) is 47.8 Å². The molecule has 3 heteroatoms. The monoisotopic (exact) mass is 262 g/mol. The summed E-state index contributed by atoms with van der Waals surface area (Å²) in [7, 11) is 0. The Labute approximate surface area is 115 Å². The summed E-state index contributed by atoms with van der Waals surface area (Å²) >= 11 is 0. The first kappa shape index (κ1) is 15.4. The van der Waals surface area contributed by atoms with Gasteiger partial charge < -0.3 is 5.32 Å². The largest absolute Gasteiger partial charge is 0.365 e. The van der Waals surface area contributed by atoms with Crippen molar-refractivity contribution in [2.45, 2.75) is 40.0 Å². The number of nitrogens with one attached hydrogen (secondary N) is 1. The Bertz CT molecular complexity index is 438. The quantitative estimate of drug-likeness (QED) is 0.782. The van der Waals surface area contributed by atoms with Gasteiger partial charge in [0, 0.05) is 18.1 Å². The predicted octanol–water partition coefficient (Wildman–Crippen LogP) is 4.51. The van der Waals surface area contributed by atoms with Crippen molar-refractivity contribution in [3.8, 4) is 0 Å². The SMILES string of the molecule is C/C=C(\N/C=C/c1cncc(F)c1)C(C)CCCC. The summed E-state index contributed by atoms with van der Waals surface area (Å²) in [6, 6.07) is 1.46. The molecule has 1 aromatic rings. The maximum absolute atomic E-state index is 13.0. The summed E-state index contributed by atoms with van der Waals surface area (Å²) in [4.78, 5) is 3.81. The smallest absolute Gasteiger partial charge is 0.142 e. The minimum absolute atomic E-state index is 0.315. The standard InChI is InChI=1S/C16H23FN2/c1-4-6-7-13(3)16(5-2)19-9-8-14-10-15(17)12-18-11-14/h5,8-13,19H,4,6-7H2,1-3H3/b9-8+,16-5-. The maximum atomic E-state index is 13.0. The van der Waals surface area contributed by atoms with Gasteiger partial charge in [0.25, 0.3) is 0 Å². The molecule has 0 aliphatic carbocycles. The zero-order valence-corrected chi connectivity index (χ0v) is 12.0. The molecule has 0 amide bonds. The average molecular weight is 262 g/mol. The second-order valence-electron chi connectivity index (χ2n) is 4.70. The number of hydrogen-bond donors (Lipinski definition) is 1. The zero-order valence-electron chi connectivity index (χ0n) is 12.0. The van der Waals surface area contributed by atoms with E-state index in [4.69, 9.17) is 0 Å². The lowest BCUT2D eigenvalue weighted by Crippen LogP contribution is -2.12. The molecule has 1 heterocycles. The molecule has 0 saturated carbocycles. The molecule has 1 N–H and O–H groups in total. The van der Waals surface area contributed by atoms with Gasteiger partial charge in [0.15, 0.2) is 0 Å². The molecule has 19 heavy (non-hydrogen) atoms. The number of rotatable bonds is 7. The van der Waals surface area contributed by atoms with Gasteiger partial charge in [-0.2, -0.15) is 0 Å². The van der Waals surface area contributed by atoms with Gasteiger partial charge in [-0.3, -0.25) is 4.98 Å². The third kappa shape index (κ3) is 5.69. The molecule has 1 atom stereocenters. The summed E-state index contributed by atoms with van der Waals surface area (Å²) < 4.78 is 13.0. The van der Waals surface area contributed by atoms with Crippen molar-refractivity contribution >= 4 is 6.08 Å². The van der Waals surface area contributed by atoms with Crippen LogP contribution in [0.5, 0.6) is 0 Å². The molecule has 0 aliphatic heterocycles. The van der Waals surface area contributed by atoms with E-state index in [1.807, 2.05) is 19.2 Å². The number of allylic oxidation sites excluding steroid dienone is 2. The molecule has 104 valence electrons. The maximum Gasteiger partial charge on any atom is 0.142 e. The molecule has 2 nitrogen and oxygen atoms in total. The Hall–Kier alpha value is -1.64. The third-order valence-electron chi connectivity index (χ3n) is 3.08. The summed E-state index contributed by atoms with van der Waals surface area (Å²) in [6.07, 6.45) is 12.2. The van der Waals surface area contributed by atoms with Crippen LogP contribution in [-0.2, 0) is 0 Å². The van der Waals surface area contributed by atoms with E-state index in [0.717, 1.165) is 5.56 Å². The van der Waals surface area contributed by atoms with E-state index in [1.54, 1.807) is 6.20 Å². The fourth-order valence-corrected chi connectivity index (χ4v) is 1.93. The first-order chi connectivity index (χ1) is 9.17. The van der Waals surface area contributed by atoms with Crippen molar-refractivity contribution in [2.75, 3.05) is 0 Å². The highest BCUT2D eigenvalue weighted by atomic mass is 19.1. The Morgan fingerprint density at radius 1 is 1.47 bits per heavy atom. The first-order valence-corrected chi connectivity index (χ1v) is 6.87. The molecule has 0 saturated heterocycles. The Kier molecular flexibility index (Phi) is 6.86. The van der Waals surface area contributed by atoms with E-state index in [0.29, 0.717) is 5.92 Å². The van der Waals surface area contributed by atoms with Crippen LogP contribution in [-0.4, -0.2) is 4.98 Å². The first-order valence-electron chi connectivity index (χ1n) is 6.87. The lowest BCUT2D eigenvalue weighted by atomic mass is 10.0. The van der Waals surface area contributed by atoms with Crippen molar-refractivity contribution < 1.29 is 4.39 Å². The summed E-state index contributed by atoms with van der Waals surface area (Å²) in [5.41, 5.74) is 1.96. The molecule has 1 rings (SSSR count). The number of pyridine rings is 1. The van der Waals surface area contributed by atoms with E-state index in [2.05, 4.69) is 30.2 Å². The van der Waals surface area contributed by atoms with Crippen molar-refractivity contribution in [2.24, 2.45) is 5.92 Å². The van der Waals surface area contributed by atoms with Gasteiger partial charge in [0.05, 0.1) is 6.20 Å². The minimum Gasteiger partial charge on any atom is -0.365 e. The van der Waals surface area contributed by atoms with Crippen LogP contribution in [0.2, 0.25) is 0 Å². The van der Waals surface area contributed by atoms with Gasteiger partial charge in [-0.25, -0.2) is 4.39 Å². The molecule has 0 aliphatic rings. The van der Waals surface area contributed by atoms with Crippen molar-refractivity contribution in [1.82, 2.24) is 10.3 Å². The zero-order chi connectivity index (χ0) is 14.1. The average Bonchev–Trinajstić information content (AvgIpc) is 2.41. The van der Waals surface area contributed by atoms with Crippen molar-refractivity contribution in [1.29, 1.82) is 0 Å². The highest BCUT2D eigenvalue weighted by Gasteiger charge is 2.05. The number of nitrogens with zero attached hydrogens (tertiary/aromatic N) is 1. The Morgan fingerprint density at radius 3 is 2.89 bits per heavy atom. The van der Waals surface area contributed by atoms with Crippen LogP contribution in [0.4, 0.5) is 4.39 Å². The second-order valence-corrected chi connectivity index (χ2v) is 4.70. The van der Waals surface area contributed by atoms with Gasteiger partial charge in [-0.1, -0.05) is 32.8 Å². The van der Waals surface area contributed by atoms with Crippen LogP contribution in [0.25, 0.3) is 6.08 Å². The molecule has 0 fully saturated rings. The van der Waals surface area contributed by atoms with E-state index in [1.165, 1.54) is 37.2 Å². The Balaban J connectivity index is 2.54. The van der Waals surface area contributed by atoms with E-state index < -0.39 is 0 Å². The van der Waals surface area contributed by atoms with Gasteiger partial charge in [-0.15, -0.1) is 0 Å². The van der Waals surface area contributed by atoms with Crippen molar-refractivity contribution in [3.63, 3.8) is 0 Å². The van der Waals surface area contributed by atoms with E-state index in [-0.39, 0.29) is 5.82 Å². The number of aromatic nitrogens is 1. The topological polar surface area (TPSA) is 24.9 Å². The highest BCUT2D eigenvalue weighted by molar-refractivity contribution is 5.47. The Morgan fingerprint density at radius 2 is 2.26 bits per heavy atom. The fourth-order valence-electron chi connectivity index (χ4n) is 1.93. The molecule has 0 radical (unpaired) electrons. The molecular weight excluding hydrogens is 239 g/mol. The molecule has 0 aromatic carbocycles. The summed E-state index contributed by atoms with van der Waals surface area (Å²) in [5, 5.41) is 3.28. The van der Waals surface area contributed by atoms with Crippen LogP contribution >= 0.6 is 0 Å². The molecule has 1 unspecified atom stereocenters. The second kappa shape index (κ2) is 8.46. The highest BCUT2D eigenvalue weighted by Crippen LogP contribution is 2.15. The third-order valence-corrected chi connectivity index (χ3v) is 3.08. The predicted molar refractivity (Wildman–Crippen MR) is 78.8 cm³/mol. The molecule has 0 bridgehead atoms. The van der Waals surface area contributed by atoms with Crippen LogP contribution in [0.1, 0.15) is 45.6 Å². The van der Waals surface area contributed by atoms with Crippen LogP contribution in [0.3, 0.4) is 0 Å². The normalized spacial score (nSPS) is 13.8. The summed E-state index contributed by atoms with van der Waals surface area (Å²) in [5.74, 6) is 0.199. The van der Waals surface area contributed by atoms with E-state index in [9.17, 15) is 4.39 Å². The summed E-state index contributed by atoms with van der Waals surface area (Å²) in [6.45, 7) is 6.45. The van der Waals surface area contributed by atoms with Gasteiger partial charge in [0.1, 0.15) is 5.82 Å². The van der Waals surface area contributed by atoms with Crippen LogP contribution < -0.4 is 5.32 Å². The van der Waals surface area contributed by atoms with E-state index >= 15 is 0 Å². The lowest BCUT2D eigenvalue weighted by Gasteiger charge is -2.15.